The molecule has 1 N–H and O–H groups in total. The molecule has 1 rings (SSSR count). The molecule has 0 saturated heterocycles. The topological polar surface area (TPSA) is 50.7 Å². The molecule has 0 atom stereocenters. The van der Waals surface area contributed by atoms with E-state index < -0.39 is 5.97 Å². The highest BCUT2D eigenvalue weighted by Gasteiger charge is 2.03. The van der Waals surface area contributed by atoms with Crippen molar-refractivity contribution in [2.24, 2.45) is 5.10 Å². The van der Waals surface area contributed by atoms with Crippen LogP contribution in [0, 0.1) is 0 Å². The molecule has 5 heteroatoms. The van der Waals surface area contributed by atoms with Crippen LogP contribution < -0.4 is 5.43 Å². The van der Waals surface area contributed by atoms with Crippen molar-refractivity contribution >= 4 is 33.3 Å². The molecule has 4 nitrogen and oxygen atoms in total. The van der Waals surface area contributed by atoms with Crippen molar-refractivity contribution in [2.45, 2.75) is 6.92 Å². The smallest absolute Gasteiger partial charge is 0.353 e. The minimum Gasteiger partial charge on any atom is -0.464 e. The monoisotopic (exact) mass is 270 g/mol. The van der Waals surface area contributed by atoms with Crippen molar-refractivity contribution in [1.29, 1.82) is 0 Å². The Balaban J connectivity index is 2.67. The largest absolute Gasteiger partial charge is 0.464 e. The third kappa shape index (κ3) is 3.71. The van der Waals surface area contributed by atoms with Crippen LogP contribution in [0.5, 0.6) is 0 Å². The zero-order valence-corrected chi connectivity index (χ0v) is 10.0. The zero-order valence-electron chi connectivity index (χ0n) is 8.45. The summed E-state index contributed by atoms with van der Waals surface area (Å²) >= 11 is 3.33. The molecule has 0 amide bonds. The number of carbonyl (C=O) groups excluding carboxylic acids is 1. The summed E-state index contributed by atoms with van der Waals surface area (Å²) in [5, 5.41) is 3.88. The lowest BCUT2D eigenvalue weighted by Crippen LogP contribution is -2.13. The lowest BCUT2D eigenvalue weighted by Gasteiger charge is -2.02. The second-order valence-corrected chi connectivity index (χ2v) is 3.73. The summed E-state index contributed by atoms with van der Waals surface area (Å²) in [4.78, 5) is 11.0. The summed E-state index contributed by atoms with van der Waals surface area (Å²) in [6.07, 6.45) is 0. The summed E-state index contributed by atoms with van der Waals surface area (Å²) in [5.74, 6) is -0.447. The second kappa shape index (κ2) is 5.50. The molecule has 15 heavy (non-hydrogen) atoms. The number of rotatable bonds is 3. The first-order valence-corrected chi connectivity index (χ1v) is 5.07. The fourth-order valence-corrected chi connectivity index (χ4v) is 1.30. The van der Waals surface area contributed by atoms with E-state index in [4.69, 9.17) is 0 Å². The van der Waals surface area contributed by atoms with Gasteiger partial charge < -0.3 is 4.74 Å². The van der Waals surface area contributed by atoms with Crippen LogP contribution in [0.25, 0.3) is 0 Å². The average Bonchev–Trinajstić information content (AvgIpc) is 2.25. The standard InChI is InChI=1S/C10H11BrN2O2/c1-7(10(14)15-2)12-13-9-5-3-4-8(11)6-9/h3-6,13H,1-2H3/b12-7+. The van der Waals surface area contributed by atoms with Crippen LogP contribution >= 0.6 is 15.9 Å². The summed E-state index contributed by atoms with van der Waals surface area (Å²) in [7, 11) is 1.32. The van der Waals surface area contributed by atoms with E-state index in [0.717, 1.165) is 10.2 Å². The van der Waals surface area contributed by atoms with Crippen molar-refractivity contribution < 1.29 is 9.53 Å². The lowest BCUT2D eigenvalue weighted by molar-refractivity contribution is -0.132. The van der Waals surface area contributed by atoms with E-state index in [1.165, 1.54) is 7.11 Å². The molecule has 0 aliphatic heterocycles. The minimum atomic E-state index is -0.447. The molecule has 0 radical (unpaired) electrons. The number of nitrogens with zero attached hydrogens (tertiary/aromatic N) is 1. The molecule has 0 spiro atoms. The Morgan fingerprint density at radius 3 is 2.87 bits per heavy atom. The second-order valence-electron chi connectivity index (χ2n) is 2.81. The molecule has 0 aliphatic carbocycles. The van der Waals surface area contributed by atoms with E-state index in [-0.39, 0.29) is 5.71 Å². The first-order chi connectivity index (χ1) is 7.13. The Morgan fingerprint density at radius 2 is 2.27 bits per heavy atom. The SMILES string of the molecule is COC(=O)/C(C)=N/Nc1cccc(Br)c1. The number of methoxy groups -OCH3 is 1. The van der Waals surface area contributed by atoms with E-state index in [0.29, 0.717) is 0 Å². The number of nitrogens with one attached hydrogen (secondary N) is 1. The number of halogens is 1. The molecular formula is C10H11BrN2O2. The highest BCUT2D eigenvalue weighted by atomic mass is 79.9. The van der Waals surface area contributed by atoms with Crippen molar-refractivity contribution in [2.75, 3.05) is 12.5 Å². The van der Waals surface area contributed by atoms with E-state index in [1.807, 2.05) is 24.3 Å². The number of hydrazone groups is 1. The van der Waals surface area contributed by atoms with Crippen molar-refractivity contribution in [3.05, 3.63) is 28.7 Å². The predicted octanol–water partition coefficient (Wildman–Crippen LogP) is 2.41. The van der Waals surface area contributed by atoms with Gasteiger partial charge in [-0.2, -0.15) is 5.10 Å². The Morgan fingerprint density at radius 1 is 1.53 bits per heavy atom. The molecule has 0 aromatic heterocycles. The van der Waals surface area contributed by atoms with Gasteiger partial charge in [-0.15, -0.1) is 0 Å². The van der Waals surface area contributed by atoms with Gasteiger partial charge >= 0.3 is 5.97 Å². The third-order valence-corrected chi connectivity index (χ3v) is 2.15. The Labute approximate surface area is 96.4 Å². The van der Waals surface area contributed by atoms with Gasteiger partial charge in [0.05, 0.1) is 12.8 Å². The molecule has 0 aliphatic rings. The molecule has 80 valence electrons. The molecule has 1 aromatic rings. The fourth-order valence-electron chi connectivity index (χ4n) is 0.900. The van der Waals surface area contributed by atoms with Crippen LogP contribution in [-0.4, -0.2) is 18.8 Å². The maximum Gasteiger partial charge on any atom is 0.353 e. The minimum absolute atomic E-state index is 0.275. The molecule has 0 bridgehead atoms. The molecule has 1 aromatic carbocycles. The number of hydrogen-bond acceptors (Lipinski definition) is 4. The number of ether oxygens (including phenoxy) is 1. The van der Waals surface area contributed by atoms with Crippen LogP contribution in [0.1, 0.15) is 6.92 Å². The van der Waals surface area contributed by atoms with Gasteiger partial charge in [0.15, 0.2) is 0 Å². The quantitative estimate of drug-likeness (QED) is 0.521. The molecule has 0 unspecified atom stereocenters. The first kappa shape index (κ1) is 11.7. The molecule has 0 fully saturated rings. The van der Waals surface area contributed by atoms with E-state index in [2.05, 4.69) is 31.2 Å². The van der Waals surface area contributed by atoms with Gasteiger partial charge in [0.1, 0.15) is 5.71 Å². The number of carbonyl (C=O) groups is 1. The van der Waals surface area contributed by atoms with Gasteiger partial charge in [-0.05, 0) is 25.1 Å². The molecule has 0 heterocycles. The maximum atomic E-state index is 11.0. The highest BCUT2D eigenvalue weighted by Crippen LogP contribution is 2.15. The average molecular weight is 271 g/mol. The normalized spacial score (nSPS) is 11.0. The fraction of sp³-hybridized carbons (Fsp3) is 0.200. The van der Waals surface area contributed by atoms with Crippen LogP contribution in [0.4, 0.5) is 5.69 Å². The number of benzene rings is 1. The van der Waals surface area contributed by atoms with Gasteiger partial charge in [0, 0.05) is 4.47 Å². The van der Waals surface area contributed by atoms with Gasteiger partial charge in [-0.25, -0.2) is 4.79 Å². The van der Waals surface area contributed by atoms with E-state index >= 15 is 0 Å². The molecule has 0 saturated carbocycles. The Hall–Kier alpha value is -1.36. The van der Waals surface area contributed by atoms with E-state index in [1.54, 1.807) is 6.92 Å². The first-order valence-electron chi connectivity index (χ1n) is 4.27. The Kier molecular flexibility index (Phi) is 4.30. The highest BCUT2D eigenvalue weighted by molar-refractivity contribution is 9.10. The Bertz CT molecular complexity index is 391. The summed E-state index contributed by atoms with van der Waals surface area (Å²) in [6.45, 7) is 1.58. The van der Waals surface area contributed by atoms with Crippen LogP contribution in [0.15, 0.2) is 33.8 Å². The lowest BCUT2D eigenvalue weighted by atomic mass is 10.3. The van der Waals surface area contributed by atoms with Crippen molar-refractivity contribution in [1.82, 2.24) is 0 Å². The third-order valence-electron chi connectivity index (χ3n) is 1.66. The molecular weight excluding hydrogens is 260 g/mol. The van der Waals surface area contributed by atoms with Gasteiger partial charge in [-0.1, -0.05) is 22.0 Å². The van der Waals surface area contributed by atoms with Crippen molar-refractivity contribution in [3.8, 4) is 0 Å². The van der Waals surface area contributed by atoms with Crippen LogP contribution in [0.2, 0.25) is 0 Å². The summed E-state index contributed by atoms with van der Waals surface area (Å²) in [5.41, 5.74) is 3.83. The van der Waals surface area contributed by atoms with Gasteiger partial charge in [0.2, 0.25) is 0 Å². The number of hydrogen-bond donors (Lipinski definition) is 1. The van der Waals surface area contributed by atoms with Crippen molar-refractivity contribution in [3.63, 3.8) is 0 Å². The predicted molar refractivity (Wildman–Crippen MR) is 62.9 cm³/mol. The van der Waals surface area contributed by atoms with Crippen LogP contribution in [-0.2, 0) is 9.53 Å². The zero-order chi connectivity index (χ0) is 11.3. The summed E-state index contributed by atoms with van der Waals surface area (Å²) < 4.78 is 5.45. The van der Waals surface area contributed by atoms with E-state index in [9.17, 15) is 4.79 Å². The number of esters is 1. The maximum absolute atomic E-state index is 11.0. The van der Waals surface area contributed by atoms with Gasteiger partial charge in [0.25, 0.3) is 0 Å². The van der Waals surface area contributed by atoms with Crippen LogP contribution in [0.3, 0.4) is 0 Å². The summed E-state index contributed by atoms with van der Waals surface area (Å²) in [6, 6.07) is 7.48. The van der Waals surface area contributed by atoms with Gasteiger partial charge in [-0.3, -0.25) is 5.43 Å². The number of anilines is 1.